The second kappa shape index (κ2) is 24.4. The normalized spacial score (nSPS) is 14.0. The summed E-state index contributed by atoms with van der Waals surface area (Å²) < 4.78 is 0. The number of nitrogens with one attached hydrogen (secondary N) is 3. The van der Waals surface area contributed by atoms with E-state index in [9.17, 15) is 24.0 Å². The molecule has 0 aromatic heterocycles. The second-order valence-corrected chi connectivity index (χ2v) is 12.1. The Labute approximate surface area is 250 Å². The molecule has 0 rings (SSSR count). The highest BCUT2D eigenvalue weighted by Crippen LogP contribution is 2.15. The van der Waals surface area contributed by atoms with Crippen LogP contribution in [0.2, 0.25) is 0 Å². The van der Waals surface area contributed by atoms with Gasteiger partial charge in [0.1, 0.15) is 11.6 Å². The van der Waals surface area contributed by atoms with Crippen molar-refractivity contribution in [3.8, 4) is 0 Å². The average Bonchev–Trinajstić information content (AvgIpc) is 2.87. The molecule has 0 radical (unpaired) electrons. The zero-order valence-corrected chi connectivity index (χ0v) is 27.1. The van der Waals surface area contributed by atoms with Crippen molar-refractivity contribution in [2.45, 2.75) is 175 Å². The van der Waals surface area contributed by atoms with Crippen molar-refractivity contribution in [1.29, 1.82) is 0 Å². The van der Waals surface area contributed by atoms with Gasteiger partial charge in [0.15, 0.2) is 0 Å². The van der Waals surface area contributed by atoms with Gasteiger partial charge in [-0.25, -0.2) is 0 Å². The first-order valence-corrected chi connectivity index (χ1v) is 16.4. The van der Waals surface area contributed by atoms with Gasteiger partial charge >= 0.3 is 0 Å². The Morgan fingerprint density at radius 2 is 0.878 bits per heavy atom. The van der Waals surface area contributed by atoms with Crippen LogP contribution < -0.4 is 16.0 Å². The molecular weight excluding hydrogens is 518 g/mol. The summed E-state index contributed by atoms with van der Waals surface area (Å²) in [5.41, 5.74) is 0. The largest absolute Gasteiger partial charge is 0.353 e. The quantitative estimate of drug-likeness (QED) is 0.103. The number of rotatable bonds is 26. The van der Waals surface area contributed by atoms with E-state index in [0.29, 0.717) is 31.6 Å². The predicted molar refractivity (Wildman–Crippen MR) is 166 cm³/mol. The van der Waals surface area contributed by atoms with Gasteiger partial charge in [0.2, 0.25) is 17.7 Å². The molecule has 0 heterocycles. The number of carbonyl (C=O) groups is 5. The number of ketones is 2. The fourth-order valence-corrected chi connectivity index (χ4v) is 5.15. The molecule has 0 saturated carbocycles. The average molecular weight is 580 g/mol. The van der Waals surface area contributed by atoms with Crippen molar-refractivity contribution in [2.24, 2.45) is 5.92 Å². The summed E-state index contributed by atoms with van der Waals surface area (Å²) in [7, 11) is 0. The molecule has 4 unspecified atom stereocenters. The zero-order chi connectivity index (χ0) is 31.0. The minimum atomic E-state index is -0.390. The highest BCUT2D eigenvalue weighted by atomic mass is 16.2. The topological polar surface area (TPSA) is 121 Å². The highest BCUT2D eigenvalue weighted by Gasteiger charge is 2.23. The third-order valence-electron chi connectivity index (χ3n) is 7.48. The van der Waals surface area contributed by atoms with E-state index in [-0.39, 0.29) is 60.6 Å². The summed E-state index contributed by atoms with van der Waals surface area (Å²) in [6, 6.07) is -0.947. The van der Waals surface area contributed by atoms with E-state index >= 15 is 0 Å². The molecule has 3 N–H and O–H groups in total. The monoisotopic (exact) mass is 579 g/mol. The van der Waals surface area contributed by atoms with E-state index in [1.807, 2.05) is 0 Å². The van der Waals surface area contributed by atoms with Crippen LogP contribution in [0.25, 0.3) is 0 Å². The number of unbranched alkanes of at least 4 members (excludes halogenated alkanes) is 6. The molecule has 0 bridgehead atoms. The van der Waals surface area contributed by atoms with Crippen LogP contribution in [0.3, 0.4) is 0 Å². The Morgan fingerprint density at radius 3 is 1.27 bits per heavy atom. The highest BCUT2D eigenvalue weighted by molar-refractivity contribution is 5.82. The van der Waals surface area contributed by atoms with E-state index in [2.05, 4.69) is 43.6 Å². The standard InChI is InChI=1S/C33H61N3O5/c1-7-10-13-16-25(4)21-31(39)34-28(17-14-11-8-2)23-32(40)35-29(18-15-12-9-3)24-33(41)36-30(22-27(6)38)20-19-26(5)37/h25,28-30H,7-24H2,1-6H3,(H,34,39)(H,35,40)(H,36,41). The molecule has 4 atom stereocenters. The van der Waals surface area contributed by atoms with Gasteiger partial charge in [-0.2, -0.15) is 0 Å². The van der Waals surface area contributed by atoms with Crippen molar-refractivity contribution in [3.63, 3.8) is 0 Å². The van der Waals surface area contributed by atoms with E-state index in [4.69, 9.17) is 0 Å². The number of amides is 3. The number of hydrogen-bond donors (Lipinski definition) is 3. The number of Topliss-reactive ketones (excluding diaryl/α,β-unsaturated/α-hetero) is 2. The van der Waals surface area contributed by atoms with Crippen LogP contribution in [0, 0.1) is 5.92 Å². The lowest BCUT2D eigenvalue weighted by Crippen LogP contribution is -2.45. The first kappa shape index (κ1) is 38.8. The van der Waals surface area contributed by atoms with E-state index < -0.39 is 6.04 Å². The van der Waals surface area contributed by atoms with Crippen molar-refractivity contribution >= 4 is 29.3 Å². The molecule has 0 spiro atoms. The third kappa shape index (κ3) is 23.1. The van der Waals surface area contributed by atoms with E-state index in [1.165, 1.54) is 20.3 Å². The summed E-state index contributed by atoms with van der Waals surface area (Å²) in [6.07, 6.45) is 13.6. The van der Waals surface area contributed by atoms with Gasteiger partial charge in [-0.05, 0) is 39.0 Å². The van der Waals surface area contributed by atoms with Gasteiger partial charge in [-0.1, -0.05) is 91.9 Å². The maximum atomic E-state index is 13.2. The van der Waals surface area contributed by atoms with E-state index in [0.717, 1.165) is 64.2 Å². The van der Waals surface area contributed by atoms with Crippen LogP contribution in [-0.2, 0) is 24.0 Å². The van der Waals surface area contributed by atoms with Gasteiger partial charge in [-0.3, -0.25) is 19.2 Å². The molecule has 0 fully saturated rings. The van der Waals surface area contributed by atoms with Gasteiger partial charge in [0.25, 0.3) is 0 Å². The smallest absolute Gasteiger partial charge is 0.222 e. The Bertz CT molecular complexity index is 770. The molecule has 0 aliphatic rings. The maximum Gasteiger partial charge on any atom is 0.222 e. The minimum Gasteiger partial charge on any atom is -0.353 e. The summed E-state index contributed by atoms with van der Waals surface area (Å²) >= 11 is 0. The SMILES string of the molecule is CCCCCC(C)CC(=O)NC(CCCCC)CC(=O)NC(CCCCC)CC(=O)NC(CCC(C)=O)CC(C)=O. The zero-order valence-electron chi connectivity index (χ0n) is 27.1. The molecule has 8 nitrogen and oxygen atoms in total. The molecule has 8 heteroatoms. The molecule has 3 amide bonds. The fraction of sp³-hybridized carbons (Fsp3) is 0.848. The summed E-state index contributed by atoms with van der Waals surface area (Å²) in [5.74, 6) is -0.0951. The Morgan fingerprint density at radius 1 is 0.488 bits per heavy atom. The predicted octanol–water partition coefficient (Wildman–Crippen LogP) is 6.34. The Kier molecular flexibility index (Phi) is 23.0. The van der Waals surface area contributed by atoms with Gasteiger partial charge in [-0.15, -0.1) is 0 Å². The van der Waals surface area contributed by atoms with Crippen LogP contribution in [0.15, 0.2) is 0 Å². The fourth-order valence-electron chi connectivity index (χ4n) is 5.15. The van der Waals surface area contributed by atoms with Crippen molar-refractivity contribution in [1.82, 2.24) is 16.0 Å². The first-order chi connectivity index (χ1) is 19.5. The molecule has 238 valence electrons. The van der Waals surface area contributed by atoms with Crippen LogP contribution in [-0.4, -0.2) is 47.4 Å². The van der Waals surface area contributed by atoms with Gasteiger partial charge in [0, 0.05) is 50.2 Å². The van der Waals surface area contributed by atoms with Crippen LogP contribution in [0.5, 0.6) is 0 Å². The molecule has 0 aromatic rings. The Balaban J connectivity index is 5.22. The first-order valence-electron chi connectivity index (χ1n) is 16.4. The molecule has 0 aliphatic carbocycles. The lowest BCUT2D eigenvalue weighted by molar-refractivity contribution is -0.125. The van der Waals surface area contributed by atoms with Gasteiger partial charge in [0.05, 0.1) is 0 Å². The van der Waals surface area contributed by atoms with Crippen molar-refractivity contribution < 1.29 is 24.0 Å². The van der Waals surface area contributed by atoms with Crippen LogP contribution in [0.4, 0.5) is 0 Å². The van der Waals surface area contributed by atoms with Crippen molar-refractivity contribution in [3.05, 3.63) is 0 Å². The lowest BCUT2D eigenvalue weighted by Gasteiger charge is -2.24. The number of carbonyl (C=O) groups excluding carboxylic acids is 5. The summed E-state index contributed by atoms with van der Waals surface area (Å²) in [6.45, 7) is 11.5. The summed E-state index contributed by atoms with van der Waals surface area (Å²) in [4.78, 5) is 62.0. The van der Waals surface area contributed by atoms with Gasteiger partial charge < -0.3 is 20.7 Å². The Hall–Kier alpha value is -2.25. The second-order valence-electron chi connectivity index (χ2n) is 12.1. The molecular formula is C33H61N3O5. The van der Waals surface area contributed by atoms with Crippen LogP contribution in [0.1, 0.15) is 157 Å². The van der Waals surface area contributed by atoms with Crippen molar-refractivity contribution in [2.75, 3.05) is 0 Å². The molecule has 41 heavy (non-hydrogen) atoms. The summed E-state index contributed by atoms with van der Waals surface area (Å²) in [5, 5.41) is 9.11. The van der Waals surface area contributed by atoms with E-state index in [1.54, 1.807) is 0 Å². The molecule has 0 saturated heterocycles. The molecule has 0 aromatic carbocycles. The molecule has 0 aliphatic heterocycles. The maximum absolute atomic E-state index is 13.2. The number of hydrogen-bond acceptors (Lipinski definition) is 5. The lowest BCUT2D eigenvalue weighted by atomic mass is 9.98. The minimum absolute atomic E-state index is 0.00393. The third-order valence-corrected chi connectivity index (χ3v) is 7.48. The van der Waals surface area contributed by atoms with Crippen LogP contribution >= 0.6 is 0 Å².